The van der Waals surface area contributed by atoms with Crippen LogP contribution in [0.3, 0.4) is 0 Å². The summed E-state index contributed by atoms with van der Waals surface area (Å²) >= 11 is 0. The van der Waals surface area contributed by atoms with Crippen molar-refractivity contribution in [3.63, 3.8) is 0 Å². The Labute approximate surface area is 62.8 Å². The summed E-state index contributed by atoms with van der Waals surface area (Å²) in [5.41, 5.74) is 7.85. The Hall–Kier alpha value is -1.14. The molecule has 64 valence electrons. The molecule has 0 aromatic carbocycles. The standard InChI is InChI=1S/C5H10N2O4/c6-3(9)1-5(7,2-8)4(10)11/h8H,1-2,7H2,(H2,6,9)(H,10,11)/t5-/m0/s1. The average molecular weight is 162 g/mol. The summed E-state index contributed by atoms with van der Waals surface area (Å²) in [5, 5.41) is 16.9. The molecule has 0 fully saturated rings. The molecular formula is C5H10N2O4. The highest BCUT2D eigenvalue weighted by atomic mass is 16.4. The van der Waals surface area contributed by atoms with Crippen molar-refractivity contribution < 1.29 is 19.8 Å². The van der Waals surface area contributed by atoms with Crippen molar-refractivity contribution in [3.05, 3.63) is 0 Å². The fourth-order valence-corrected chi connectivity index (χ4v) is 0.510. The van der Waals surface area contributed by atoms with Crippen LogP contribution in [0.5, 0.6) is 0 Å². The van der Waals surface area contributed by atoms with E-state index in [4.69, 9.17) is 21.7 Å². The van der Waals surface area contributed by atoms with Gasteiger partial charge in [0, 0.05) is 0 Å². The number of primary amides is 1. The van der Waals surface area contributed by atoms with Crippen molar-refractivity contribution in [2.45, 2.75) is 12.0 Å². The number of amides is 1. The first-order valence-corrected chi connectivity index (χ1v) is 2.84. The van der Waals surface area contributed by atoms with Gasteiger partial charge in [-0.2, -0.15) is 0 Å². The van der Waals surface area contributed by atoms with Crippen LogP contribution in [0.15, 0.2) is 0 Å². The minimum Gasteiger partial charge on any atom is -0.480 e. The van der Waals surface area contributed by atoms with Crippen LogP contribution in [-0.2, 0) is 9.59 Å². The van der Waals surface area contributed by atoms with Crippen molar-refractivity contribution in [1.82, 2.24) is 0 Å². The largest absolute Gasteiger partial charge is 0.480 e. The van der Waals surface area contributed by atoms with E-state index in [1.165, 1.54) is 0 Å². The van der Waals surface area contributed by atoms with E-state index in [0.717, 1.165) is 0 Å². The fraction of sp³-hybridized carbons (Fsp3) is 0.600. The zero-order valence-electron chi connectivity index (χ0n) is 5.78. The van der Waals surface area contributed by atoms with Gasteiger partial charge in [-0.05, 0) is 0 Å². The first-order chi connectivity index (χ1) is 4.92. The SMILES string of the molecule is NC(=O)C[C@](N)(CO)C(=O)O. The Morgan fingerprint density at radius 2 is 1.91 bits per heavy atom. The summed E-state index contributed by atoms with van der Waals surface area (Å²) in [6.45, 7) is -0.814. The molecule has 0 saturated carbocycles. The van der Waals surface area contributed by atoms with Crippen molar-refractivity contribution in [1.29, 1.82) is 0 Å². The van der Waals surface area contributed by atoms with Crippen LogP contribution in [0.1, 0.15) is 6.42 Å². The van der Waals surface area contributed by atoms with E-state index in [1.54, 1.807) is 0 Å². The molecule has 1 atom stereocenters. The third-order valence-electron chi connectivity index (χ3n) is 1.20. The third kappa shape index (κ3) is 2.52. The van der Waals surface area contributed by atoms with Crippen LogP contribution < -0.4 is 11.5 Å². The van der Waals surface area contributed by atoms with Gasteiger partial charge in [-0.3, -0.25) is 9.59 Å². The summed E-state index contributed by atoms with van der Waals surface area (Å²) in [7, 11) is 0. The third-order valence-corrected chi connectivity index (χ3v) is 1.20. The van der Waals surface area contributed by atoms with Crippen LogP contribution in [-0.4, -0.2) is 34.2 Å². The highest BCUT2D eigenvalue weighted by Crippen LogP contribution is 2.04. The van der Waals surface area contributed by atoms with Gasteiger partial charge in [-0.1, -0.05) is 0 Å². The van der Waals surface area contributed by atoms with Crippen molar-refractivity contribution in [2.75, 3.05) is 6.61 Å². The van der Waals surface area contributed by atoms with Gasteiger partial charge in [0.25, 0.3) is 0 Å². The van der Waals surface area contributed by atoms with Crippen molar-refractivity contribution in [2.24, 2.45) is 11.5 Å². The molecule has 0 bridgehead atoms. The normalized spacial score (nSPS) is 15.5. The van der Waals surface area contributed by atoms with E-state index in [9.17, 15) is 9.59 Å². The number of aliphatic carboxylic acids is 1. The number of hydrogen-bond donors (Lipinski definition) is 4. The molecule has 1 amide bonds. The number of nitrogens with two attached hydrogens (primary N) is 2. The topological polar surface area (TPSA) is 127 Å². The molecule has 0 aromatic heterocycles. The van der Waals surface area contributed by atoms with Gasteiger partial charge < -0.3 is 21.7 Å². The predicted octanol–water partition coefficient (Wildman–Crippen LogP) is -2.36. The van der Waals surface area contributed by atoms with Crippen molar-refractivity contribution in [3.8, 4) is 0 Å². The molecule has 6 N–H and O–H groups in total. The Bertz CT molecular complexity index is 181. The van der Waals surface area contributed by atoms with E-state index in [1.807, 2.05) is 0 Å². The number of carbonyl (C=O) groups excluding carboxylic acids is 1. The van der Waals surface area contributed by atoms with Crippen LogP contribution >= 0.6 is 0 Å². The Morgan fingerprint density at radius 1 is 1.45 bits per heavy atom. The number of carbonyl (C=O) groups is 2. The summed E-state index contributed by atoms with van der Waals surface area (Å²) in [6, 6.07) is 0. The molecule has 0 spiro atoms. The maximum Gasteiger partial charge on any atom is 0.326 e. The van der Waals surface area contributed by atoms with Gasteiger partial charge in [0.2, 0.25) is 5.91 Å². The molecule has 0 rings (SSSR count). The monoisotopic (exact) mass is 162 g/mol. The number of aliphatic hydroxyl groups excluding tert-OH is 1. The maximum absolute atomic E-state index is 10.3. The van der Waals surface area contributed by atoms with Crippen LogP contribution in [0.25, 0.3) is 0 Å². The summed E-state index contributed by atoms with van der Waals surface area (Å²) < 4.78 is 0. The van der Waals surface area contributed by atoms with Gasteiger partial charge >= 0.3 is 5.97 Å². The van der Waals surface area contributed by atoms with Crippen molar-refractivity contribution >= 4 is 11.9 Å². The Morgan fingerprint density at radius 3 is 2.00 bits per heavy atom. The number of carboxylic acid groups (broad SMARTS) is 1. The highest BCUT2D eigenvalue weighted by molar-refractivity contribution is 5.86. The smallest absolute Gasteiger partial charge is 0.326 e. The molecule has 0 aliphatic heterocycles. The maximum atomic E-state index is 10.3. The Kier molecular flexibility index (Phi) is 2.97. The molecule has 0 aromatic rings. The molecule has 6 nitrogen and oxygen atoms in total. The molecule has 0 aliphatic rings. The van der Waals surface area contributed by atoms with E-state index in [-0.39, 0.29) is 0 Å². The second-order valence-corrected chi connectivity index (χ2v) is 2.26. The lowest BCUT2D eigenvalue weighted by molar-refractivity contribution is -0.147. The molecule has 0 aliphatic carbocycles. The number of aliphatic hydroxyl groups is 1. The van der Waals surface area contributed by atoms with Gasteiger partial charge in [-0.15, -0.1) is 0 Å². The lowest BCUT2D eigenvalue weighted by Crippen LogP contribution is -2.53. The zero-order chi connectivity index (χ0) is 9.07. The van der Waals surface area contributed by atoms with Gasteiger partial charge in [-0.25, -0.2) is 0 Å². The fourth-order valence-electron chi connectivity index (χ4n) is 0.510. The van der Waals surface area contributed by atoms with Gasteiger partial charge in [0.05, 0.1) is 13.0 Å². The van der Waals surface area contributed by atoms with Crippen LogP contribution in [0, 0.1) is 0 Å². The molecule has 0 saturated heterocycles. The molecule has 0 radical (unpaired) electrons. The quantitative estimate of drug-likeness (QED) is 0.367. The second-order valence-electron chi connectivity index (χ2n) is 2.26. The van der Waals surface area contributed by atoms with E-state index in [0.29, 0.717) is 0 Å². The van der Waals surface area contributed by atoms with Crippen LogP contribution in [0.2, 0.25) is 0 Å². The molecule has 6 heteroatoms. The van der Waals surface area contributed by atoms with Gasteiger partial charge in [0.15, 0.2) is 0 Å². The highest BCUT2D eigenvalue weighted by Gasteiger charge is 2.34. The second kappa shape index (κ2) is 3.31. The summed E-state index contributed by atoms with van der Waals surface area (Å²) in [5.74, 6) is -2.30. The first-order valence-electron chi connectivity index (χ1n) is 2.84. The van der Waals surface area contributed by atoms with E-state index in [2.05, 4.69) is 0 Å². The molecule has 0 heterocycles. The van der Waals surface area contributed by atoms with Gasteiger partial charge in [0.1, 0.15) is 5.54 Å². The summed E-state index contributed by atoms with van der Waals surface area (Å²) in [6.07, 6.45) is -0.571. The first kappa shape index (κ1) is 9.86. The zero-order valence-corrected chi connectivity index (χ0v) is 5.78. The summed E-state index contributed by atoms with van der Waals surface area (Å²) in [4.78, 5) is 20.5. The number of hydrogen-bond acceptors (Lipinski definition) is 4. The lowest BCUT2D eigenvalue weighted by Gasteiger charge is -2.19. The molecule has 0 unspecified atom stereocenters. The Balaban J connectivity index is 4.34. The molecule has 11 heavy (non-hydrogen) atoms. The minimum absolute atomic E-state index is 0.571. The number of rotatable bonds is 4. The number of carboxylic acids is 1. The van der Waals surface area contributed by atoms with E-state index < -0.39 is 30.4 Å². The average Bonchev–Trinajstić information content (AvgIpc) is 1.86. The molecular weight excluding hydrogens is 152 g/mol. The minimum atomic E-state index is -1.94. The predicted molar refractivity (Wildman–Crippen MR) is 35.5 cm³/mol. The van der Waals surface area contributed by atoms with Crippen LogP contribution in [0.4, 0.5) is 0 Å². The van der Waals surface area contributed by atoms with E-state index >= 15 is 0 Å². The lowest BCUT2D eigenvalue weighted by atomic mass is 9.98.